The van der Waals surface area contributed by atoms with Crippen molar-refractivity contribution in [2.75, 3.05) is 19.6 Å². The predicted octanol–water partition coefficient (Wildman–Crippen LogP) is 2.02. The van der Waals surface area contributed by atoms with Gasteiger partial charge in [0.1, 0.15) is 6.10 Å². The van der Waals surface area contributed by atoms with E-state index in [0.29, 0.717) is 6.10 Å². The van der Waals surface area contributed by atoms with Crippen LogP contribution in [0.25, 0.3) is 0 Å². The molecule has 0 aromatic carbocycles. The summed E-state index contributed by atoms with van der Waals surface area (Å²) in [4.78, 5) is 2.45. The zero-order chi connectivity index (χ0) is 8.97. The summed E-state index contributed by atoms with van der Waals surface area (Å²) in [6.45, 7) is 11.4. The Bertz CT molecular complexity index is 156. The highest BCUT2D eigenvalue weighted by atomic mass is 16.5. The second kappa shape index (κ2) is 4.51. The molecule has 1 atom stereocenters. The minimum Gasteiger partial charge on any atom is -0.494 e. The molecule has 0 spiro atoms. The van der Waals surface area contributed by atoms with Gasteiger partial charge < -0.3 is 4.74 Å². The van der Waals surface area contributed by atoms with Gasteiger partial charge in [-0.2, -0.15) is 0 Å². The Hall–Kier alpha value is -0.500. The number of likely N-dealkylation sites (tertiary alicyclic amines) is 1. The van der Waals surface area contributed by atoms with E-state index >= 15 is 0 Å². The quantitative estimate of drug-likeness (QED) is 0.597. The van der Waals surface area contributed by atoms with E-state index in [2.05, 4.69) is 18.4 Å². The van der Waals surface area contributed by atoms with Crippen LogP contribution in [0.15, 0.2) is 12.3 Å². The van der Waals surface area contributed by atoms with Crippen molar-refractivity contribution in [2.24, 2.45) is 0 Å². The fourth-order valence-electron chi connectivity index (χ4n) is 1.70. The monoisotopic (exact) mass is 169 g/mol. The summed E-state index contributed by atoms with van der Waals surface area (Å²) >= 11 is 0. The average Bonchev–Trinajstić information content (AvgIpc) is 2.36. The Morgan fingerprint density at radius 1 is 1.67 bits per heavy atom. The summed E-state index contributed by atoms with van der Waals surface area (Å²) in [6.07, 6.45) is 2.79. The third-order valence-corrected chi connectivity index (χ3v) is 2.14. The minimum atomic E-state index is 0.397. The number of hydrogen-bond donors (Lipinski definition) is 0. The van der Waals surface area contributed by atoms with Crippen LogP contribution in [-0.2, 0) is 4.74 Å². The third kappa shape index (κ3) is 2.86. The van der Waals surface area contributed by atoms with Crippen LogP contribution in [0.1, 0.15) is 26.7 Å². The summed E-state index contributed by atoms with van der Waals surface area (Å²) < 4.78 is 5.55. The maximum absolute atomic E-state index is 5.55. The number of ether oxygens (including phenoxy) is 1. The van der Waals surface area contributed by atoms with Crippen molar-refractivity contribution in [3.63, 3.8) is 0 Å². The molecule has 1 aliphatic rings. The van der Waals surface area contributed by atoms with Gasteiger partial charge in [-0.25, -0.2) is 0 Å². The van der Waals surface area contributed by atoms with Gasteiger partial charge >= 0.3 is 0 Å². The zero-order valence-electron chi connectivity index (χ0n) is 8.18. The molecule has 1 aliphatic heterocycles. The Balaban J connectivity index is 2.21. The second-order valence-corrected chi connectivity index (χ2v) is 3.53. The van der Waals surface area contributed by atoms with Gasteiger partial charge in [0.05, 0.1) is 5.76 Å². The van der Waals surface area contributed by atoms with Crippen molar-refractivity contribution < 1.29 is 4.74 Å². The molecule has 0 aliphatic carbocycles. The van der Waals surface area contributed by atoms with Crippen LogP contribution < -0.4 is 0 Å². The number of rotatable bonds is 4. The van der Waals surface area contributed by atoms with Gasteiger partial charge in [-0.05, 0) is 26.3 Å². The topological polar surface area (TPSA) is 12.5 Å². The molecule has 0 radical (unpaired) electrons. The number of nitrogens with zero attached hydrogens (tertiary/aromatic N) is 1. The molecule has 1 rings (SSSR count). The molecule has 1 heterocycles. The zero-order valence-corrected chi connectivity index (χ0v) is 8.18. The van der Waals surface area contributed by atoms with Crippen molar-refractivity contribution in [2.45, 2.75) is 32.8 Å². The molecule has 0 bridgehead atoms. The fourth-order valence-corrected chi connectivity index (χ4v) is 1.70. The van der Waals surface area contributed by atoms with Crippen molar-refractivity contribution in [1.29, 1.82) is 0 Å². The first-order valence-corrected chi connectivity index (χ1v) is 4.77. The van der Waals surface area contributed by atoms with Crippen LogP contribution in [0.4, 0.5) is 0 Å². The van der Waals surface area contributed by atoms with E-state index in [1.807, 2.05) is 6.92 Å². The number of hydrogen-bond acceptors (Lipinski definition) is 2. The molecule has 12 heavy (non-hydrogen) atoms. The summed E-state index contributed by atoms with van der Waals surface area (Å²) in [5.41, 5.74) is 0. The van der Waals surface area contributed by atoms with E-state index < -0.39 is 0 Å². The lowest BCUT2D eigenvalue weighted by molar-refractivity contribution is 0.123. The molecular formula is C10H19NO. The van der Waals surface area contributed by atoms with Crippen molar-refractivity contribution >= 4 is 0 Å². The molecule has 0 N–H and O–H groups in total. The molecule has 2 heteroatoms. The van der Waals surface area contributed by atoms with Gasteiger partial charge in [0.2, 0.25) is 0 Å². The van der Waals surface area contributed by atoms with Crippen LogP contribution in [0.5, 0.6) is 0 Å². The maximum atomic E-state index is 5.55. The summed E-state index contributed by atoms with van der Waals surface area (Å²) in [5.74, 6) is 0.846. The first-order valence-electron chi connectivity index (χ1n) is 4.77. The Morgan fingerprint density at radius 2 is 2.42 bits per heavy atom. The first kappa shape index (κ1) is 9.59. The van der Waals surface area contributed by atoms with Crippen LogP contribution in [0.2, 0.25) is 0 Å². The van der Waals surface area contributed by atoms with E-state index in [9.17, 15) is 0 Å². The molecule has 0 aromatic rings. The van der Waals surface area contributed by atoms with Crippen LogP contribution in [0, 0.1) is 0 Å². The molecule has 1 fully saturated rings. The van der Waals surface area contributed by atoms with E-state index in [1.54, 1.807) is 0 Å². The molecule has 0 aromatic heterocycles. The van der Waals surface area contributed by atoms with Crippen LogP contribution in [0.3, 0.4) is 0 Å². The lowest BCUT2D eigenvalue weighted by Gasteiger charge is -2.15. The molecule has 0 amide bonds. The second-order valence-electron chi connectivity index (χ2n) is 3.53. The maximum Gasteiger partial charge on any atom is 0.112 e. The normalized spacial score (nSPS) is 24.3. The van der Waals surface area contributed by atoms with Crippen molar-refractivity contribution in [3.8, 4) is 0 Å². The standard InChI is InChI=1S/C10H19NO/c1-4-6-11-7-5-10(8-11)12-9(2)3/h10H,2,4-8H2,1,3H3/t10-/m0/s1. The summed E-state index contributed by atoms with van der Waals surface area (Å²) in [5, 5.41) is 0. The van der Waals surface area contributed by atoms with E-state index in [-0.39, 0.29) is 0 Å². The molecular weight excluding hydrogens is 150 g/mol. The lowest BCUT2D eigenvalue weighted by atomic mass is 10.3. The molecule has 0 unspecified atom stereocenters. The largest absolute Gasteiger partial charge is 0.494 e. The van der Waals surface area contributed by atoms with Gasteiger partial charge in [0.25, 0.3) is 0 Å². The molecule has 1 saturated heterocycles. The predicted molar refractivity (Wildman–Crippen MR) is 51.0 cm³/mol. The van der Waals surface area contributed by atoms with Crippen LogP contribution >= 0.6 is 0 Å². The highest BCUT2D eigenvalue weighted by Crippen LogP contribution is 2.14. The molecule has 70 valence electrons. The summed E-state index contributed by atoms with van der Waals surface area (Å²) in [7, 11) is 0. The van der Waals surface area contributed by atoms with E-state index in [4.69, 9.17) is 4.74 Å². The van der Waals surface area contributed by atoms with Gasteiger partial charge in [-0.3, -0.25) is 4.90 Å². The smallest absolute Gasteiger partial charge is 0.112 e. The van der Waals surface area contributed by atoms with Gasteiger partial charge in [0, 0.05) is 13.1 Å². The van der Waals surface area contributed by atoms with E-state index in [0.717, 1.165) is 18.7 Å². The highest BCUT2D eigenvalue weighted by molar-refractivity contribution is 4.82. The van der Waals surface area contributed by atoms with Gasteiger partial charge in [-0.15, -0.1) is 0 Å². The number of allylic oxidation sites excluding steroid dienone is 1. The Labute approximate surface area is 75.2 Å². The van der Waals surface area contributed by atoms with Crippen molar-refractivity contribution in [1.82, 2.24) is 4.90 Å². The average molecular weight is 169 g/mol. The first-order chi connectivity index (χ1) is 5.72. The van der Waals surface area contributed by atoms with Crippen molar-refractivity contribution in [3.05, 3.63) is 12.3 Å². The SMILES string of the molecule is C=C(C)O[C@H]1CCN(CCC)C1. The third-order valence-electron chi connectivity index (χ3n) is 2.14. The molecule has 2 nitrogen and oxygen atoms in total. The van der Waals surface area contributed by atoms with Gasteiger partial charge in [-0.1, -0.05) is 13.5 Å². The summed E-state index contributed by atoms with van der Waals surface area (Å²) in [6, 6.07) is 0. The molecule has 0 saturated carbocycles. The Morgan fingerprint density at radius 3 is 3.00 bits per heavy atom. The lowest BCUT2D eigenvalue weighted by Crippen LogP contribution is -2.23. The minimum absolute atomic E-state index is 0.397. The van der Waals surface area contributed by atoms with Crippen LogP contribution in [-0.4, -0.2) is 30.6 Å². The fraction of sp³-hybridized carbons (Fsp3) is 0.800. The highest BCUT2D eigenvalue weighted by Gasteiger charge is 2.22. The Kier molecular flexibility index (Phi) is 3.60. The van der Waals surface area contributed by atoms with E-state index in [1.165, 1.54) is 19.5 Å². The van der Waals surface area contributed by atoms with Gasteiger partial charge in [0.15, 0.2) is 0 Å².